The number of carbonyl (C=O) groups is 1. The maximum absolute atomic E-state index is 10.6. The predicted molar refractivity (Wildman–Crippen MR) is 58.4 cm³/mol. The first-order chi connectivity index (χ1) is 7.65. The number of aromatic carboxylic acids is 1. The number of furan rings is 1. The summed E-state index contributed by atoms with van der Waals surface area (Å²) in [4.78, 5) is 10.6. The second-order valence-electron chi connectivity index (χ2n) is 3.23. The highest BCUT2D eigenvalue weighted by Crippen LogP contribution is 2.24. The van der Waals surface area contributed by atoms with Crippen molar-refractivity contribution < 1.29 is 14.3 Å². The molecule has 6 heteroatoms. The molecule has 0 saturated carbocycles. The van der Waals surface area contributed by atoms with Crippen molar-refractivity contribution in [3.63, 3.8) is 0 Å². The topological polar surface area (TPSA) is 68.3 Å². The van der Waals surface area contributed by atoms with Crippen molar-refractivity contribution in [1.82, 2.24) is 9.78 Å². The third kappa shape index (κ3) is 2.46. The number of carboxylic acid groups (broad SMARTS) is 1. The number of aryl methyl sites for hydroxylation is 1. The SMILES string of the molecule is Cn1cc(CSc2ccc(C(=O)O)o2)cn1. The number of carboxylic acids is 1. The highest BCUT2D eigenvalue weighted by Gasteiger charge is 2.09. The molecule has 2 aromatic rings. The van der Waals surface area contributed by atoms with Gasteiger partial charge in [0.25, 0.3) is 0 Å². The molecule has 2 aromatic heterocycles. The number of nitrogens with zero attached hydrogens (tertiary/aromatic N) is 2. The van der Waals surface area contributed by atoms with Crippen LogP contribution < -0.4 is 0 Å². The Bertz CT molecular complexity index is 504. The van der Waals surface area contributed by atoms with Crippen LogP contribution in [0.5, 0.6) is 0 Å². The molecule has 0 aliphatic heterocycles. The van der Waals surface area contributed by atoms with Crippen molar-refractivity contribution >= 4 is 17.7 Å². The molecule has 0 saturated heterocycles. The van der Waals surface area contributed by atoms with Crippen LogP contribution in [0, 0.1) is 0 Å². The van der Waals surface area contributed by atoms with Gasteiger partial charge in [0.2, 0.25) is 5.76 Å². The van der Waals surface area contributed by atoms with Crippen LogP contribution in [0.3, 0.4) is 0 Å². The molecule has 84 valence electrons. The first-order valence-corrected chi connectivity index (χ1v) is 5.57. The molecule has 2 rings (SSSR count). The normalized spacial score (nSPS) is 10.6. The van der Waals surface area contributed by atoms with Crippen LogP contribution in [-0.2, 0) is 12.8 Å². The van der Waals surface area contributed by atoms with Crippen LogP contribution in [0.2, 0.25) is 0 Å². The first kappa shape index (κ1) is 10.8. The molecule has 0 aromatic carbocycles. The van der Waals surface area contributed by atoms with Crippen molar-refractivity contribution in [1.29, 1.82) is 0 Å². The molecule has 0 aliphatic rings. The lowest BCUT2D eigenvalue weighted by Gasteiger charge is -1.93. The molecule has 2 heterocycles. The molecule has 0 bridgehead atoms. The number of rotatable bonds is 4. The summed E-state index contributed by atoms with van der Waals surface area (Å²) >= 11 is 1.44. The Balaban J connectivity index is 1.97. The fourth-order valence-corrected chi connectivity index (χ4v) is 1.98. The molecule has 16 heavy (non-hydrogen) atoms. The summed E-state index contributed by atoms with van der Waals surface area (Å²) < 4.78 is 6.83. The zero-order valence-corrected chi connectivity index (χ0v) is 9.40. The van der Waals surface area contributed by atoms with E-state index in [1.807, 2.05) is 13.2 Å². The van der Waals surface area contributed by atoms with Crippen molar-refractivity contribution in [3.05, 3.63) is 35.9 Å². The van der Waals surface area contributed by atoms with E-state index in [4.69, 9.17) is 9.52 Å². The summed E-state index contributed by atoms with van der Waals surface area (Å²) in [5, 5.41) is 13.3. The standard InChI is InChI=1S/C10H10N2O3S/c1-12-5-7(4-11-12)6-16-9-3-2-8(15-9)10(13)14/h2-5H,6H2,1H3,(H,13,14). The molecular formula is C10H10N2O3S. The van der Waals surface area contributed by atoms with E-state index >= 15 is 0 Å². The molecule has 0 fully saturated rings. The number of hydrogen-bond acceptors (Lipinski definition) is 4. The first-order valence-electron chi connectivity index (χ1n) is 4.58. The van der Waals surface area contributed by atoms with Crippen molar-refractivity contribution in [2.75, 3.05) is 0 Å². The summed E-state index contributed by atoms with van der Waals surface area (Å²) in [5.74, 6) is -0.373. The quantitative estimate of drug-likeness (QED) is 0.825. The minimum atomic E-state index is -1.05. The molecule has 0 spiro atoms. The zero-order valence-electron chi connectivity index (χ0n) is 8.58. The smallest absolute Gasteiger partial charge is 0.371 e. The highest BCUT2D eigenvalue weighted by atomic mass is 32.2. The molecule has 1 N–H and O–H groups in total. The van der Waals surface area contributed by atoms with Crippen LogP contribution in [-0.4, -0.2) is 20.9 Å². The average molecular weight is 238 g/mol. The van der Waals surface area contributed by atoms with Crippen LogP contribution in [0.4, 0.5) is 0 Å². The second-order valence-corrected chi connectivity index (χ2v) is 4.21. The van der Waals surface area contributed by atoms with E-state index in [0.29, 0.717) is 10.8 Å². The number of thioether (sulfide) groups is 1. The van der Waals surface area contributed by atoms with Gasteiger partial charge >= 0.3 is 5.97 Å². The minimum absolute atomic E-state index is 0.0336. The lowest BCUT2D eigenvalue weighted by molar-refractivity contribution is 0.0656. The zero-order chi connectivity index (χ0) is 11.5. The maximum atomic E-state index is 10.6. The highest BCUT2D eigenvalue weighted by molar-refractivity contribution is 7.98. The second kappa shape index (κ2) is 4.44. The minimum Gasteiger partial charge on any atom is -0.475 e. The predicted octanol–water partition coefficient (Wildman–Crippen LogP) is 2.00. The van der Waals surface area contributed by atoms with Gasteiger partial charge in [0, 0.05) is 24.6 Å². The lowest BCUT2D eigenvalue weighted by atomic mass is 10.4. The summed E-state index contributed by atoms with van der Waals surface area (Å²) in [6.45, 7) is 0. The van der Waals surface area contributed by atoms with Gasteiger partial charge in [-0.1, -0.05) is 11.8 Å². The Kier molecular flexibility index (Phi) is 3.00. The van der Waals surface area contributed by atoms with E-state index in [2.05, 4.69) is 5.10 Å². The van der Waals surface area contributed by atoms with E-state index in [0.717, 1.165) is 5.56 Å². The van der Waals surface area contributed by atoms with Crippen LogP contribution >= 0.6 is 11.8 Å². The third-order valence-corrected chi connectivity index (χ3v) is 2.91. The summed E-state index contributed by atoms with van der Waals surface area (Å²) in [7, 11) is 1.85. The van der Waals surface area contributed by atoms with Gasteiger partial charge in [-0.25, -0.2) is 4.79 Å². The summed E-state index contributed by atoms with van der Waals surface area (Å²) in [6, 6.07) is 3.11. The van der Waals surface area contributed by atoms with Gasteiger partial charge in [-0.3, -0.25) is 4.68 Å². The van der Waals surface area contributed by atoms with Gasteiger partial charge in [-0.2, -0.15) is 5.10 Å². The average Bonchev–Trinajstić information content (AvgIpc) is 2.83. The van der Waals surface area contributed by atoms with Crippen LogP contribution in [0.15, 0.2) is 34.0 Å². The van der Waals surface area contributed by atoms with Gasteiger partial charge in [-0.05, 0) is 12.1 Å². The fraction of sp³-hybridized carbons (Fsp3) is 0.200. The number of aromatic nitrogens is 2. The Labute approximate surface area is 96.1 Å². The van der Waals surface area contributed by atoms with Crippen molar-refractivity contribution in [2.24, 2.45) is 7.05 Å². The van der Waals surface area contributed by atoms with Crippen LogP contribution in [0.1, 0.15) is 16.1 Å². The largest absolute Gasteiger partial charge is 0.475 e. The molecule has 5 nitrogen and oxygen atoms in total. The van der Waals surface area contributed by atoms with E-state index in [9.17, 15) is 4.79 Å². The van der Waals surface area contributed by atoms with E-state index in [-0.39, 0.29) is 5.76 Å². The maximum Gasteiger partial charge on any atom is 0.371 e. The fourth-order valence-electron chi connectivity index (χ4n) is 1.21. The molecule has 0 aliphatic carbocycles. The Morgan fingerprint density at radius 2 is 2.44 bits per heavy atom. The monoisotopic (exact) mass is 238 g/mol. The van der Waals surface area contributed by atoms with Gasteiger partial charge in [-0.15, -0.1) is 0 Å². The number of hydrogen-bond donors (Lipinski definition) is 1. The Morgan fingerprint density at radius 3 is 3.00 bits per heavy atom. The van der Waals surface area contributed by atoms with E-state index in [1.54, 1.807) is 16.9 Å². The van der Waals surface area contributed by atoms with Gasteiger partial charge in [0.05, 0.1) is 6.20 Å². The van der Waals surface area contributed by atoms with Gasteiger partial charge in [0.15, 0.2) is 5.09 Å². The Hall–Kier alpha value is -1.69. The molecule has 0 radical (unpaired) electrons. The molecular weight excluding hydrogens is 228 g/mol. The Morgan fingerprint density at radius 1 is 1.62 bits per heavy atom. The van der Waals surface area contributed by atoms with Gasteiger partial charge < -0.3 is 9.52 Å². The molecule has 0 amide bonds. The summed E-state index contributed by atoms with van der Waals surface area (Å²) in [5.41, 5.74) is 1.07. The van der Waals surface area contributed by atoms with E-state index in [1.165, 1.54) is 17.8 Å². The van der Waals surface area contributed by atoms with Crippen molar-refractivity contribution in [3.8, 4) is 0 Å². The summed E-state index contributed by atoms with van der Waals surface area (Å²) in [6.07, 6.45) is 3.68. The molecule has 0 unspecified atom stereocenters. The lowest BCUT2D eigenvalue weighted by Crippen LogP contribution is -1.91. The molecule has 0 atom stereocenters. The van der Waals surface area contributed by atoms with E-state index < -0.39 is 5.97 Å². The van der Waals surface area contributed by atoms with Gasteiger partial charge in [0.1, 0.15) is 0 Å². The van der Waals surface area contributed by atoms with Crippen LogP contribution in [0.25, 0.3) is 0 Å². The van der Waals surface area contributed by atoms with Crippen molar-refractivity contribution in [2.45, 2.75) is 10.8 Å². The third-order valence-electron chi connectivity index (χ3n) is 1.93.